The van der Waals surface area contributed by atoms with Gasteiger partial charge in [0, 0.05) is 30.7 Å². The normalized spacial score (nSPS) is 10.8. The van der Waals surface area contributed by atoms with Gasteiger partial charge in [-0.05, 0) is 60.4 Å². The number of urea groups is 1. The van der Waals surface area contributed by atoms with E-state index in [1.54, 1.807) is 17.0 Å². The predicted octanol–water partition coefficient (Wildman–Crippen LogP) is 6.53. The molecule has 0 saturated carbocycles. The molecule has 0 unspecified atom stereocenters. The van der Waals surface area contributed by atoms with Crippen molar-refractivity contribution >= 4 is 11.7 Å². The summed E-state index contributed by atoms with van der Waals surface area (Å²) < 4.78 is 15.7. The molecular formula is C28H28FN3O. The van der Waals surface area contributed by atoms with Crippen LogP contribution in [-0.2, 0) is 19.6 Å². The lowest BCUT2D eigenvalue weighted by atomic mass is 10.1. The highest BCUT2D eigenvalue weighted by molar-refractivity contribution is 5.91. The van der Waals surface area contributed by atoms with Gasteiger partial charge in [-0.25, -0.2) is 9.18 Å². The van der Waals surface area contributed by atoms with Crippen molar-refractivity contribution in [2.24, 2.45) is 0 Å². The third-order valence-corrected chi connectivity index (χ3v) is 5.73. The SMILES string of the molecule is Cc1cccc(C)c1NC(=O)N(Cc1ccccc1)Cc1cccn1Cc1cccc(F)c1. The molecule has 0 aliphatic rings. The maximum atomic E-state index is 13.7. The molecule has 4 nitrogen and oxygen atoms in total. The molecule has 4 rings (SSSR count). The van der Waals surface area contributed by atoms with Crippen molar-refractivity contribution in [3.05, 3.63) is 125 Å². The number of rotatable bonds is 7. The van der Waals surface area contributed by atoms with E-state index in [-0.39, 0.29) is 11.8 Å². The van der Waals surface area contributed by atoms with E-state index >= 15 is 0 Å². The average molecular weight is 442 g/mol. The highest BCUT2D eigenvalue weighted by Gasteiger charge is 2.18. The minimum Gasteiger partial charge on any atom is -0.345 e. The van der Waals surface area contributed by atoms with Gasteiger partial charge < -0.3 is 14.8 Å². The number of hydrogen-bond acceptors (Lipinski definition) is 1. The minimum absolute atomic E-state index is 0.158. The van der Waals surface area contributed by atoms with Gasteiger partial charge in [0.05, 0.1) is 6.54 Å². The molecule has 0 bridgehead atoms. The maximum Gasteiger partial charge on any atom is 0.322 e. The number of halogens is 1. The summed E-state index contributed by atoms with van der Waals surface area (Å²) in [5, 5.41) is 3.12. The molecule has 1 N–H and O–H groups in total. The molecule has 5 heteroatoms. The molecule has 0 spiro atoms. The van der Waals surface area contributed by atoms with Crippen molar-refractivity contribution in [1.82, 2.24) is 9.47 Å². The van der Waals surface area contributed by atoms with Crippen molar-refractivity contribution in [3.63, 3.8) is 0 Å². The van der Waals surface area contributed by atoms with Crippen molar-refractivity contribution in [2.45, 2.75) is 33.5 Å². The van der Waals surface area contributed by atoms with Crippen LogP contribution in [0.15, 0.2) is 91.1 Å². The van der Waals surface area contributed by atoms with Crippen LogP contribution < -0.4 is 5.32 Å². The Hall–Kier alpha value is -3.86. The summed E-state index contributed by atoms with van der Waals surface area (Å²) in [5.41, 5.74) is 5.80. The van der Waals surface area contributed by atoms with Gasteiger partial charge in [-0.1, -0.05) is 60.7 Å². The minimum atomic E-state index is -0.250. The van der Waals surface area contributed by atoms with Crippen LogP contribution in [0.25, 0.3) is 0 Å². The second-order valence-electron chi connectivity index (χ2n) is 8.30. The Morgan fingerprint density at radius 1 is 0.848 bits per heavy atom. The molecule has 1 heterocycles. The predicted molar refractivity (Wildman–Crippen MR) is 131 cm³/mol. The first-order valence-electron chi connectivity index (χ1n) is 11.0. The number of nitrogens with one attached hydrogen (secondary N) is 1. The zero-order chi connectivity index (χ0) is 23.2. The maximum absolute atomic E-state index is 13.7. The Labute approximate surface area is 194 Å². The fourth-order valence-electron chi connectivity index (χ4n) is 3.98. The van der Waals surface area contributed by atoms with Crippen molar-refractivity contribution < 1.29 is 9.18 Å². The number of aromatic nitrogens is 1. The van der Waals surface area contributed by atoms with Gasteiger partial charge in [-0.2, -0.15) is 0 Å². The van der Waals surface area contributed by atoms with Gasteiger partial charge in [0.2, 0.25) is 0 Å². The molecule has 3 aromatic carbocycles. The Morgan fingerprint density at radius 3 is 2.27 bits per heavy atom. The van der Waals surface area contributed by atoms with Crippen LogP contribution in [0.2, 0.25) is 0 Å². The summed E-state index contributed by atoms with van der Waals surface area (Å²) in [6.07, 6.45) is 1.96. The van der Waals surface area contributed by atoms with Crippen molar-refractivity contribution in [3.8, 4) is 0 Å². The molecule has 1 aromatic heterocycles. The van der Waals surface area contributed by atoms with Crippen LogP contribution in [-0.4, -0.2) is 15.5 Å². The fraction of sp³-hybridized carbons (Fsp3) is 0.179. The monoisotopic (exact) mass is 441 g/mol. The lowest BCUT2D eigenvalue weighted by molar-refractivity contribution is 0.205. The van der Waals surface area contributed by atoms with Crippen LogP contribution >= 0.6 is 0 Å². The highest BCUT2D eigenvalue weighted by Crippen LogP contribution is 2.21. The summed E-state index contributed by atoms with van der Waals surface area (Å²) in [6, 6.07) is 26.3. The summed E-state index contributed by atoms with van der Waals surface area (Å²) in [5.74, 6) is -0.250. The second kappa shape index (κ2) is 10.2. The number of carbonyl (C=O) groups excluding carboxylic acids is 1. The largest absolute Gasteiger partial charge is 0.345 e. The molecule has 0 aliphatic heterocycles. The zero-order valence-electron chi connectivity index (χ0n) is 19.0. The lowest BCUT2D eigenvalue weighted by Crippen LogP contribution is -2.35. The van der Waals surface area contributed by atoms with Gasteiger partial charge >= 0.3 is 6.03 Å². The zero-order valence-corrected chi connectivity index (χ0v) is 19.0. The number of aryl methyl sites for hydroxylation is 2. The number of amides is 2. The summed E-state index contributed by atoms with van der Waals surface area (Å²) in [4.78, 5) is 15.2. The van der Waals surface area contributed by atoms with E-state index in [1.165, 1.54) is 6.07 Å². The van der Waals surface area contributed by atoms with E-state index in [0.717, 1.165) is 33.6 Å². The van der Waals surface area contributed by atoms with Gasteiger partial charge in [0.15, 0.2) is 0 Å². The first kappa shape index (κ1) is 22.3. The van der Waals surface area contributed by atoms with Crippen LogP contribution in [0.4, 0.5) is 14.9 Å². The molecule has 0 fully saturated rings. The second-order valence-corrected chi connectivity index (χ2v) is 8.30. The number of carbonyl (C=O) groups is 1. The van der Waals surface area contributed by atoms with Crippen molar-refractivity contribution in [2.75, 3.05) is 5.32 Å². The van der Waals surface area contributed by atoms with Gasteiger partial charge in [-0.3, -0.25) is 0 Å². The van der Waals surface area contributed by atoms with Crippen LogP contribution in [0, 0.1) is 19.7 Å². The third kappa shape index (κ3) is 5.69. The van der Waals surface area contributed by atoms with E-state index < -0.39 is 0 Å². The number of anilines is 1. The fourth-order valence-corrected chi connectivity index (χ4v) is 3.98. The van der Waals surface area contributed by atoms with E-state index in [2.05, 4.69) is 9.88 Å². The Bertz CT molecular complexity index is 1210. The summed E-state index contributed by atoms with van der Waals surface area (Å²) in [7, 11) is 0. The van der Waals surface area contributed by atoms with E-state index in [4.69, 9.17) is 0 Å². The molecule has 2 amide bonds. The Morgan fingerprint density at radius 2 is 1.55 bits per heavy atom. The van der Waals surface area contributed by atoms with E-state index in [0.29, 0.717) is 19.6 Å². The number of benzene rings is 3. The summed E-state index contributed by atoms with van der Waals surface area (Å²) in [6.45, 7) is 5.43. The van der Waals surface area contributed by atoms with E-state index in [1.807, 2.05) is 86.8 Å². The van der Waals surface area contributed by atoms with E-state index in [9.17, 15) is 9.18 Å². The first-order valence-corrected chi connectivity index (χ1v) is 11.0. The van der Waals surface area contributed by atoms with Crippen LogP contribution in [0.5, 0.6) is 0 Å². The molecule has 0 radical (unpaired) electrons. The molecular weight excluding hydrogens is 413 g/mol. The summed E-state index contributed by atoms with van der Waals surface area (Å²) >= 11 is 0. The van der Waals surface area contributed by atoms with Gasteiger partial charge in [0.1, 0.15) is 5.82 Å². The third-order valence-electron chi connectivity index (χ3n) is 5.73. The van der Waals surface area contributed by atoms with Gasteiger partial charge in [0.25, 0.3) is 0 Å². The van der Waals surface area contributed by atoms with Crippen LogP contribution in [0.3, 0.4) is 0 Å². The number of para-hydroxylation sites is 1. The number of hydrogen-bond donors (Lipinski definition) is 1. The first-order chi connectivity index (χ1) is 16.0. The topological polar surface area (TPSA) is 37.3 Å². The highest BCUT2D eigenvalue weighted by atomic mass is 19.1. The average Bonchev–Trinajstić information content (AvgIpc) is 3.23. The molecule has 4 aromatic rings. The van der Waals surface area contributed by atoms with Gasteiger partial charge in [-0.15, -0.1) is 0 Å². The molecule has 0 aliphatic carbocycles. The molecule has 168 valence electrons. The lowest BCUT2D eigenvalue weighted by Gasteiger charge is -2.25. The van der Waals surface area contributed by atoms with Crippen molar-refractivity contribution in [1.29, 1.82) is 0 Å². The quantitative estimate of drug-likeness (QED) is 0.348. The molecule has 33 heavy (non-hydrogen) atoms. The number of nitrogens with zero attached hydrogens (tertiary/aromatic N) is 2. The molecule has 0 saturated heterocycles. The molecule has 0 atom stereocenters. The van der Waals surface area contributed by atoms with Crippen LogP contribution in [0.1, 0.15) is 27.9 Å². The standard InChI is InChI=1S/C28H28FN3O/c1-21-9-6-10-22(2)27(21)30-28(33)32(18-23-11-4-3-5-12-23)20-26-15-8-16-31(26)19-24-13-7-14-25(29)17-24/h3-17H,18-20H2,1-2H3,(H,30,33). The Balaban J connectivity index is 1.58. The smallest absolute Gasteiger partial charge is 0.322 e. The Kier molecular flexibility index (Phi) is 6.89.